The van der Waals surface area contributed by atoms with Crippen molar-refractivity contribution < 1.29 is 0 Å². The summed E-state index contributed by atoms with van der Waals surface area (Å²) in [6.45, 7) is 7.39. The van der Waals surface area contributed by atoms with E-state index in [0.29, 0.717) is 16.8 Å². The SMILES string of the molecule is [C-]#[N+]c1ccc(-c2ccc3c(c2)c2ccccc2n3-c2cncc(-n3c4ccccc4c4cc(-c5ccc(C#N)cc5)ccc43)c2-c2ccccc2C#N)cc1. The second-order valence-corrected chi connectivity index (χ2v) is 13.7. The smallest absolute Gasteiger partial charge is 0.187 e. The number of aromatic nitrogens is 3. The maximum absolute atomic E-state index is 10.5. The van der Waals surface area contributed by atoms with E-state index in [4.69, 9.17) is 11.6 Å². The highest BCUT2D eigenvalue weighted by atomic mass is 15.0. The highest BCUT2D eigenvalue weighted by molar-refractivity contribution is 6.13. The summed E-state index contributed by atoms with van der Waals surface area (Å²) in [5.41, 5.74) is 13.4. The number of nitriles is 2. The van der Waals surface area contributed by atoms with Gasteiger partial charge in [0.15, 0.2) is 5.69 Å². The molecule has 0 aliphatic heterocycles. The predicted octanol–water partition coefficient (Wildman–Crippen LogP) is 12.6. The molecule has 3 aromatic heterocycles. The lowest BCUT2D eigenvalue weighted by molar-refractivity contribution is 1.09. The van der Waals surface area contributed by atoms with Crippen molar-refractivity contribution in [3.63, 3.8) is 0 Å². The molecular formula is C50H28N6. The van der Waals surface area contributed by atoms with Crippen LogP contribution in [0.2, 0.25) is 0 Å². The van der Waals surface area contributed by atoms with Gasteiger partial charge in [-0.15, -0.1) is 0 Å². The van der Waals surface area contributed by atoms with E-state index in [9.17, 15) is 10.5 Å². The van der Waals surface area contributed by atoms with E-state index in [-0.39, 0.29) is 0 Å². The molecule has 0 spiro atoms. The summed E-state index contributed by atoms with van der Waals surface area (Å²) in [4.78, 5) is 8.52. The first-order valence-corrected chi connectivity index (χ1v) is 18.2. The average molecular weight is 713 g/mol. The lowest BCUT2D eigenvalue weighted by atomic mass is 9.97. The van der Waals surface area contributed by atoms with Gasteiger partial charge in [0, 0.05) is 32.7 Å². The van der Waals surface area contributed by atoms with Gasteiger partial charge in [-0.3, -0.25) is 4.98 Å². The molecule has 0 unspecified atom stereocenters. The highest BCUT2D eigenvalue weighted by Crippen LogP contribution is 2.43. The number of hydrogen-bond donors (Lipinski definition) is 0. The molecule has 6 heteroatoms. The van der Waals surface area contributed by atoms with E-state index in [1.807, 2.05) is 85.2 Å². The molecule has 0 aliphatic carbocycles. The lowest BCUT2D eigenvalue weighted by Gasteiger charge is -2.20. The Balaban J connectivity index is 1.27. The molecule has 0 radical (unpaired) electrons. The van der Waals surface area contributed by atoms with Crippen LogP contribution in [0.25, 0.3) is 93.2 Å². The number of hydrogen-bond acceptors (Lipinski definition) is 3. The third-order valence-corrected chi connectivity index (χ3v) is 10.7. The van der Waals surface area contributed by atoms with Crippen molar-refractivity contribution in [2.45, 2.75) is 0 Å². The van der Waals surface area contributed by atoms with Gasteiger partial charge in [0.25, 0.3) is 0 Å². The van der Waals surface area contributed by atoms with Crippen LogP contribution in [-0.2, 0) is 0 Å². The quantitative estimate of drug-likeness (QED) is 0.167. The molecule has 0 N–H and O–H groups in total. The van der Waals surface area contributed by atoms with Crippen LogP contribution >= 0.6 is 0 Å². The van der Waals surface area contributed by atoms with Crippen molar-refractivity contribution in [2.24, 2.45) is 0 Å². The molecule has 3 heterocycles. The summed E-state index contributed by atoms with van der Waals surface area (Å²) in [7, 11) is 0. The minimum atomic E-state index is 0.566. The first-order valence-electron chi connectivity index (χ1n) is 18.2. The fourth-order valence-corrected chi connectivity index (χ4v) is 8.14. The van der Waals surface area contributed by atoms with Crippen LogP contribution in [0.4, 0.5) is 5.69 Å². The number of nitrogens with zero attached hydrogens (tertiary/aromatic N) is 6. The minimum absolute atomic E-state index is 0.566. The van der Waals surface area contributed by atoms with Crippen LogP contribution < -0.4 is 0 Å². The van der Waals surface area contributed by atoms with Crippen molar-refractivity contribution >= 4 is 49.3 Å². The number of rotatable bonds is 5. The van der Waals surface area contributed by atoms with Gasteiger partial charge < -0.3 is 9.13 Å². The van der Waals surface area contributed by atoms with E-state index in [1.54, 1.807) is 0 Å². The summed E-state index contributed by atoms with van der Waals surface area (Å²) in [5.74, 6) is 0. The zero-order chi connectivity index (χ0) is 37.8. The summed E-state index contributed by atoms with van der Waals surface area (Å²) in [5, 5.41) is 24.3. The van der Waals surface area contributed by atoms with Crippen molar-refractivity contribution in [2.75, 3.05) is 0 Å². The Bertz CT molecular complexity index is 3130. The largest absolute Gasteiger partial charge is 0.307 e. The third-order valence-electron chi connectivity index (χ3n) is 10.7. The van der Waals surface area contributed by atoms with Crippen LogP contribution in [0.3, 0.4) is 0 Å². The lowest BCUT2D eigenvalue weighted by Crippen LogP contribution is -2.05. The Labute approximate surface area is 322 Å². The van der Waals surface area contributed by atoms with Crippen molar-refractivity contribution in [3.8, 4) is 56.9 Å². The zero-order valence-corrected chi connectivity index (χ0v) is 29.8. The molecular weight excluding hydrogens is 685 g/mol. The van der Waals surface area contributed by atoms with Crippen LogP contribution in [0, 0.1) is 29.2 Å². The molecule has 6 nitrogen and oxygen atoms in total. The molecule has 0 saturated heterocycles. The Morgan fingerprint density at radius 3 is 1.50 bits per heavy atom. The number of para-hydroxylation sites is 2. The van der Waals surface area contributed by atoms with Gasteiger partial charge in [0.2, 0.25) is 0 Å². The minimum Gasteiger partial charge on any atom is -0.307 e. The van der Waals surface area contributed by atoms with Crippen molar-refractivity contribution in [3.05, 3.63) is 193 Å². The molecule has 0 fully saturated rings. The third kappa shape index (κ3) is 5.05. The van der Waals surface area contributed by atoms with Gasteiger partial charge in [-0.05, 0) is 76.9 Å². The average Bonchev–Trinajstić information content (AvgIpc) is 3.78. The van der Waals surface area contributed by atoms with Gasteiger partial charge in [-0.25, -0.2) is 4.85 Å². The van der Waals surface area contributed by atoms with Gasteiger partial charge in [0.1, 0.15) is 0 Å². The molecule has 0 amide bonds. The van der Waals surface area contributed by atoms with E-state index < -0.39 is 0 Å². The van der Waals surface area contributed by atoms with Gasteiger partial charge in [-0.1, -0.05) is 103 Å². The second kappa shape index (κ2) is 13.0. The maximum atomic E-state index is 10.5. The molecule has 7 aromatic carbocycles. The Morgan fingerprint density at radius 2 is 0.964 bits per heavy atom. The standard InChI is InChI=1S/C50H28N6/c1-53-38-22-18-34(19-23-38)36-21-25-47-43(27-36)41-11-5-7-13-45(41)56(47)49-31-54-30-48(50(49)39-9-3-2-8-37(39)29-52)55-44-12-6-4-10-40(44)42-26-35(20-24-46(42)55)33-16-14-32(28-51)15-17-33/h2-27,30-31H. The molecule has 0 saturated carbocycles. The topological polar surface area (TPSA) is 74.7 Å². The molecule has 0 aliphatic rings. The molecule has 0 bridgehead atoms. The molecule has 56 heavy (non-hydrogen) atoms. The summed E-state index contributed by atoms with van der Waals surface area (Å²) >= 11 is 0. The summed E-state index contributed by atoms with van der Waals surface area (Å²) in [6.07, 6.45) is 3.82. The molecule has 10 rings (SSSR count). The van der Waals surface area contributed by atoms with Crippen LogP contribution in [0.5, 0.6) is 0 Å². The van der Waals surface area contributed by atoms with Crippen LogP contribution in [0.15, 0.2) is 170 Å². The number of benzene rings is 7. The highest BCUT2D eigenvalue weighted by Gasteiger charge is 2.24. The number of fused-ring (bicyclic) bond motifs is 6. The summed E-state index contributed by atoms with van der Waals surface area (Å²) < 4.78 is 4.54. The maximum Gasteiger partial charge on any atom is 0.187 e. The number of pyridine rings is 1. The monoisotopic (exact) mass is 712 g/mol. The first kappa shape index (κ1) is 32.4. The molecule has 258 valence electrons. The van der Waals surface area contributed by atoms with Crippen LogP contribution in [-0.4, -0.2) is 14.1 Å². The second-order valence-electron chi connectivity index (χ2n) is 13.7. The van der Waals surface area contributed by atoms with E-state index in [2.05, 4.69) is 111 Å². The normalized spacial score (nSPS) is 11.2. The fourth-order valence-electron chi connectivity index (χ4n) is 8.14. The van der Waals surface area contributed by atoms with E-state index in [0.717, 1.165) is 88.4 Å². The molecule has 0 atom stereocenters. The molecule has 10 aromatic rings. The van der Waals surface area contributed by atoms with Gasteiger partial charge in [0.05, 0.1) is 75.7 Å². The zero-order valence-electron chi connectivity index (χ0n) is 29.8. The van der Waals surface area contributed by atoms with Gasteiger partial charge >= 0.3 is 0 Å². The van der Waals surface area contributed by atoms with Gasteiger partial charge in [-0.2, -0.15) is 10.5 Å². The Kier molecular flexibility index (Phi) is 7.53. The summed E-state index contributed by atoms with van der Waals surface area (Å²) in [6, 6.07) is 57.7. The van der Waals surface area contributed by atoms with Crippen molar-refractivity contribution in [1.29, 1.82) is 10.5 Å². The van der Waals surface area contributed by atoms with Crippen LogP contribution in [0.1, 0.15) is 11.1 Å². The first-order chi connectivity index (χ1) is 27.6. The van der Waals surface area contributed by atoms with E-state index >= 15 is 0 Å². The fraction of sp³-hybridized carbons (Fsp3) is 0. The van der Waals surface area contributed by atoms with Crippen molar-refractivity contribution in [1.82, 2.24) is 14.1 Å². The Morgan fingerprint density at radius 1 is 0.482 bits per heavy atom. The van der Waals surface area contributed by atoms with E-state index in [1.165, 1.54) is 0 Å². The Hall–Kier alpha value is -8.24. The predicted molar refractivity (Wildman–Crippen MR) is 225 cm³/mol.